The number of hydrogen-bond acceptors (Lipinski definition) is 6. The number of nitrogens with one attached hydrogen (secondary N) is 2. The van der Waals surface area contributed by atoms with Crippen LogP contribution < -0.4 is 10.6 Å². The van der Waals surface area contributed by atoms with Gasteiger partial charge in [-0.25, -0.2) is 4.79 Å². The van der Waals surface area contributed by atoms with Gasteiger partial charge in [0, 0.05) is 0 Å². The number of carbonyl (C=O) groups is 3. The van der Waals surface area contributed by atoms with Gasteiger partial charge in [0.2, 0.25) is 5.91 Å². The molecule has 0 unspecified atom stereocenters. The Labute approximate surface area is 225 Å². The minimum atomic E-state index is -1.09. The van der Waals surface area contributed by atoms with Crippen LogP contribution in [0, 0.1) is 28.6 Å². The molecule has 0 saturated heterocycles. The summed E-state index contributed by atoms with van der Waals surface area (Å²) in [6, 6.07) is -1.86. The summed E-state index contributed by atoms with van der Waals surface area (Å²) in [7, 11) is 0. The number of carboxylic acid groups (broad SMARTS) is 1. The van der Waals surface area contributed by atoms with E-state index in [1.165, 1.54) is 18.9 Å². The number of carbonyl (C=O) groups excluding carboxylic acids is 2. The second kappa shape index (κ2) is 11.4. The van der Waals surface area contributed by atoms with Gasteiger partial charge in [-0.2, -0.15) is 0 Å². The zero-order chi connectivity index (χ0) is 27.7. The van der Waals surface area contributed by atoms with Crippen molar-refractivity contribution in [3.05, 3.63) is 11.6 Å². The molecule has 0 bridgehead atoms. The Morgan fingerprint density at radius 2 is 1.87 bits per heavy atom. The van der Waals surface area contributed by atoms with E-state index >= 15 is 0 Å². The molecule has 38 heavy (non-hydrogen) atoms. The van der Waals surface area contributed by atoms with Gasteiger partial charge >= 0.3 is 5.97 Å². The first-order valence-electron chi connectivity index (χ1n) is 14.4. The summed E-state index contributed by atoms with van der Waals surface area (Å²) < 4.78 is 0. The van der Waals surface area contributed by atoms with E-state index in [0.717, 1.165) is 50.7 Å². The first kappa shape index (κ1) is 28.6. The summed E-state index contributed by atoms with van der Waals surface area (Å²) in [5, 5.41) is 29.1. The molecule has 3 saturated carbocycles. The third-order valence-corrected chi connectivity index (χ3v) is 10.3. The SMILES string of the molecule is CCC[C@@H](NC(=O)[C@H](C)NC(=O)CO/N=C1/C=C2CC[C@H]3[C@@H]4CC[C@@H](O)[C@@]4(C)CC[C@@H]3[C@@]2(C)CC1)C(=O)O. The van der Waals surface area contributed by atoms with Gasteiger partial charge in [0.1, 0.15) is 12.1 Å². The normalized spacial score (nSPS) is 36.7. The number of fused-ring (bicyclic) bond motifs is 5. The molecule has 9 nitrogen and oxygen atoms in total. The number of aliphatic hydroxyl groups excluding tert-OH is 1. The van der Waals surface area contributed by atoms with Crippen LogP contribution in [0.4, 0.5) is 0 Å². The van der Waals surface area contributed by atoms with Gasteiger partial charge in [0.25, 0.3) is 5.91 Å². The number of aliphatic carboxylic acids is 1. The maximum absolute atomic E-state index is 12.3. The van der Waals surface area contributed by atoms with Crippen molar-refractivity contribution in [3.8, 4) is 0 Å². The van der Waals surface area contributed by atoms with Crippen molar-refractivity contribution < 1.29 is 29.4 Å². The van der Waals surface area contributed by atoms with E-state index < -0.39 is 29.9 Å². The number of amides is 2. The summed E-state index contributed by atoms with van der Waals surface area (Å²) in [5.41, 5.74) is 2.52. The molecule has 2 amide bonds. The highest BCUT2D eigenvalue weighted by Crippen LogP contribution is 2.65. The van der Waals surface area contributed by atoms with Gasteiger partial charge < -0.3 is 25.7 Å². The van der Waals surface area contributed by atoms with E-state index in [1.807, 2.05) is 6.92 Å². The van der Waals surface area contributed by atoms with E-state index in [0.29, 0.717) is 30.6 Å². The molecule has 4 N–H and O–H groups in total. The molecule has 0 heterocycles. The van der Waals surface area contributed by atoms with Gasteiger partial charge in [0.05, 0.1) is 11.8 Å². The fourth-order valence-electron chi connectivity index (χ4n) is 7.98. The molecule has 3 fully saturated rings. The molecule has 0 radical (unpaired) electrons. The van der Waals surface area contributed by atoms with Crippen molar-refractivity contribution >= 4 is 23.5 Å². The maximum atomic E-state index is 12.3. The Morgan fingerprint density at radius 3 is 2.58 bits per heavy atom. The number of nitrogens with zero attached hydrogens (tertiary/aromatic N) is 1. The van der Waals surface area contributed by atoms with Crippen molar-refractivity contribution in [2.24, 2.45) is 33.7 Å². The van der Waals surface area contributed by atoms with Crippen molar-refractivity contribution in [3.63, 3.8) is 0 Å². The molecule has 4 aliphatic carbocycles. The Morgan fingerprint density at radius 1 is 1.11 bits per heavy atom. The molecule has 9 heteroatoms. The summed E-state index contributed by atoms with van der Waals surface area (Å²) in [6.45, 7) is 7.76. The van der Waals surface area contributed by atoms with Crippen LogP contribution in [-0.4, -0.2) is 58.5 Å². The molecule has 212 valence electrons. The summed E-state index contributed by atoms with van der Waals surface area (Å²) in [6.07, 6.45) is 11.3. The lowest BCUT2D eigenvalue weighted by atomic mass is 9.47. The van der Waals surface area contributed by atoms with Crippen LogP contribution in [0.25, 0.3) is 0 Å². The third kappa shape index (κ3) is 5.49. The van der Waals surface area contributed by atoms with Crippen LogP contribution in [0.3, 0.4) is 0 Å². The Bertz CT molecular complexity index is 995. The molecule has 0 aliphatic heterocycles. The van der Waals surface area contributed by atoms with Crippen LogP contribution in [0.5, 0.6) is 0 Å². The Kier molecular flexibility index (Phi) is 8.55. The third-order valence-electron chi connectivity index (χ3n) is 10.3. The lowest BCUT2D eigenvalue weighted by Gasteiger charge is -2.57. The van der Waals surface area contributed by atoms with Gasteiger partial charge in [0.15, 0.2) is 6.61 Å². The number of aliphatic hydroxyl groups is 1. The number of rotatable bonds is 9. The highest BCUT2D eigenvalue weighted by molar-refractivity contribution is 5.96. The predicted molar refractivity (Wildman–Crippen MR) is 143 cm³/mol. The monoisotopic (exact) mass is 531 g/mol. The van der Waals surface area contributed by atoms with E-state index in [1.54, 1.807) is 0 Å². The second-order valence-corrected chi connectivity index (χ2v) is 12.5. The molecule has 4 rings (SSSR count). The Hall–Kier alpha value is -2.42. The molecular weight excluding hydrogens is 486 g/mol. The fraction of sp³-hybridized carbons (Fsp3) is 0.793. The standard InChI is InChI=1S/C29H45N3O6/c1-5-6-23(27(36)37)31-26(35)17(2)30-25(34)16-38-32-19-11-13-28(3)18(15-19)7-8-20-21-9-10-24(33)29(21,4)14-12-22(20)28/h15,17,20-24,33H,5-14,16H2,1-4H3,(H,30,34)(H,31,35)(H,36,37)/b32-19+/t17-,20-,21-,22-,23+,24+,28-,29-/m0/s1. The van der Waals surface area contributed by atoms with Crippen LogP contribution in [0.2, 0.25) is 0 Å². The van der Waals surface area contributed by atoms with Gasteiger partial charge in [-0.1, -0.05) is 37.9 Å². The Balaban J connectivity index is 1.30. The summed E-state index contributed by atoms with van der Waals surface area (Å²) in [4.78, 5) is 41.2. The quantitative estimate of drug-likeness (QED) is 0.336. The fourth-order valence-corrected chi connectivity index (χ4v) is 7.98. The first-order valence-corrected chi connectivity index (χ1v) is 14.4. The topological polar surface area (TPSA) is 137 Å². The summed E-state index contributed by atoms with van der Waals surface area (Å²) in [5.74, 6) is -0.186. The molecule has 8 atom stereocenters. The molecule has 0 spiro atoms. The van der Waals surface area contributed by atoms with E-state index in [9.17, 15) is 24.6 Å². The van der Waals surface area contributed by atoms with Crippen LogP contribution in [-0.2, 0) is 19.2 Å². The van der Waals surface area contributed by atoms with E-state index in [-0.39, 0.29) is 23.5 Å². The van der Waals surface area contributed by atoms with E-state index in [2.05, 4.69) is 35.7 Å². The van der Waals surface area contributed by atoms with Crippen LogP contribution in [0.15, 0.2) is 16.8 Å². The average Bonchev–Trinajstić information content (AvgIpc) is 3.18. The van der Waals surface area contributed by atoms with Crippen molar-refractivity contribution in [1.29, 1.82) is 0 Å². The lowest BCUT2D eigenvalue weighted by molar-refractivity contribution is -0.142. The van der Waals surface area contributed by atoms with Gasteiger partial charge in [-0.05, 0) is 99.4 Å². The zero-order valence-corrected chi connectivity index (χ0v) is 23.3. The van der Waals surface area contributed by atoms with Crippen LogP contribution in [0.1, 0.15) is 91.9 Å². The molecule has 0 aromatic heterocycles. The van der Waals surface area contributed by atoms with Crippen LogP contribution >= 0.6 is 0 Å². The van der Waals surface area contributed by atoms with E-state index in [4.69, 9.17) is 4.84 Å². The number of carboxylic acids is 1. The lowest BCUT2D eigenvalue weighted by Crippen LogP contribution is -2.51. The predicted octanol–water partition coefficient (Wildman–Crippen LogP) is 3.56. The van der Waals surface area contributed by atoms with Crippen molar-refractivity contribution in [2.75, 3.05) is 6.61 Å². The highest BCUT2D eigenvalue weighted by atomic mass is 16.6. The minimum Gasteiger partial charge on any atom is -0.480 e. The number of allylic oxidation sites excluding steroid dienone is 2. The number of oxime groups is 1. The van der Waals surface area contributed by atoms with Gasteiger partial charge in [-0.3, -0.25) is 9.59 Å². The molecular formula is C29H45N3O6. The minimum absolute atomic E-state index is 0.0834. The molecule has 4 aliphatic rings. The van der Waals surface area contributed by atoms with Crippen molar-refractivity contribution in [2.45, 2.75) is 110 Å². The molecule has 0 aromatic carbocycles. The average molecular weight is 532 g/mol. The zero-order valence-electron chi connectivity index (χ0n) is 23.3. The number of hydrogen-bond donors (Lipinski definition) is 4. The van der Waals surface area contributed by atoms with Crippen molar-refractivity contribution in [1.82, 2.24) is 10.6 Å². The molecule has 0 aromatic rings. The smallest absolute Gasteiger partial charge is 0.326 e. The highest BCUT2D eigenvalue weighted by Gasteiger charge is 2.58. The van der Waals surface area contributed by atoms with Gasteiger partial charge in [-0.15, -0.1) is 0 Å². The second-order valence-electron chi connectivity index (χ2n) is 12.5. The first-order chi connectivity index (χ1) is 18.0. The largest absolute Gasteiger partial charge is 0.480 e. The summed E-state index contributed by atoms with van der Waals surface area (Å²) >= 11 is 0. The maximum Gasteiger partial charge on any atom is 0.326 e.